The Hall–Kier alpha value is -4.25. The third-order valence-electron chi connectivity index (χ3n) is 9.78. The summed E-state index contributed by atoms with van der Waals surface area (Å²) in [7, 11) is -1.23. The number of carbonyl (C=O) groups excluding carboxylic acids is 1. The minimum atomic E-state index is -1.23. The number of nitrogens with zero attached hydrogens (tertiary/aromatic N) is 3. The topological polar surface area (TPSA) is 94.9 Å². The minimum absolute atomic E-state index is 0.125. The second-order valence-corrected chi connectivity index (χ2v) is 14.9. The number of amides is 1. The summed E-state index contributed by atoms with van der Waals surface area (Å²) < 4.78 is 32.8. The van der Waals surface area contributed by atoms with Crippen molar-refractivity contribution < 1.29 is 23.2 Å². The molecule has 9 nitrogen and oxygen atoms in total. The SMILES string of the molecule is CCCCOCCOc1ccc(-c2ccc3c(c2)/C=C(/C(=O)Nc2ccc(S(=O)Cc4c(C)ncn4CC)cc2)CCCN3CC2CCCO2)cc1. The van der Waals surface area contributed by atoms with E-state index in [9.17, 15) is 9.00 Å². The van der Waals surface area contributed by atoms with E-state index in [1.165, 1.54) is 0 Å². The van der Waals surface area contributed by atoms with Gasteiger partial charge < -0.3 is 29.0 Å². The lowest BCUT2D eigenvalue weighted by Gasteiger charge is -2.31. The lowest BCUT2D eigenvalue weighted by atomic mass is 9.96. The Morgan fingerprint density at radius 1 is 1.00 bits per heavy atom. The molecular formula is C42H52N4O5S. The van der Waals surface area contributed by atoms with Gasteiger partial charge in [-0.1, -0.05) is 31.5 Å². The van der Waals surface area contributed by atoms with Crippen molar-refractivity contribution in [1.29, 1.82) is 0 Å². The van der Waals surface area contributed by atoms with Gasteiger partial charge in [0.05, 0.1) is 47.0 Å². The molecule has 1 aromatic heterocycles. The summed E-state index contributed by atoms with van der Waals surface area (Å²) in [6, 6.07) is 22.0. The molecule has 2 aliphatic heterocycles. The predicted molar refractivity (Wildman–Crippen MR) is 209 cm³/mol. The largest absolute Gasteiger partial charge is 0.491 e. The van der Waals surface area contributed by atoms with Crippen molar-refractivity contribution in [3.8, 4) is 16.9 Å². The molecule has 1 amide bonds. The number of benzene rings is 3. The lowest BCUT2D eigenvalue weighted by Crippen LogP contribution is -2.34. The minimum Gasteiger partial charge on any atom is -0.491 e. The Kier molecular flexibility index (Phi) is 13.3. The molecule has 0 saturated carbocycles. The second-order valence-electron chi connectivity index (χ2n) is 13.5. The quantitative estimate of drug-likeness (QED) is 0.117. The summed E-state index contributed by atoms with van der Waals surface area (Å²) in [5, 5.41) is 3.11. The van der Waals surface area contributed by atoms with Crippen molar-refractivity contribution in [1.82, 2.24) is 9.55 Å². The van der Waals surface area contributed by atoms with Gasteiger partial charge in [-0.2, -0.15) is 0 Å². The van der Waals surface area contributed by atoms with Crippen molar-refractivity contribution >= 4 is 34.2 Å². The van der Waals surface area contributed by atoms with Gasteiger partial charge in [0.1, 0.15) is 12.4 Å². The van der Waals surface area contributed by atoms with Crippen LogP contribution in [0.3, 0.4) is 0 Å². The number of anilines is 2. The molecule has 2 atom stereocenters. The molecule has 0 radical (unpaired) electrons. The zero-order valence-corrected chi connectivity index (χ0v) is 31.6. The van der Waals surface area contributed by atoms with Crippen molar-refractivity contribution in [2.24, 2.45) is 0 Å². The van der Waals surface area contributed by atoms with Crippen molar-refractivity contribution in [2.45, 2.75) is 82.6 Å². The number of hydrogen-bond donors (Lipinski definition) is 1. The molecule has 1 N–H and O–H groups in total. The van der Waals surface area contributed by atoms with Crippen LogP contribution < -0.4 is 15.0 Å². The number of fused-ring (bicyclic) bond motifs is 1. The fourth-order valence-corrected chi connectivity index (χ4v) is 8.00. The molecule has 0 bridgehead atoms. The molecule has 1 saturated heterocycles. The molecule has 276 valence electrons. The van der Waals surface area contributed by atoms with Crippen LogP contribution in [-0.4, -0.2) is 65.3 Å². The molecular weight excluding hydrogens is 673 g/mol. The Bertz CT molecular complexity index is 1830. The maximum atomic E-state index is 13.8. The number of aromatic nitrogens is 2. The van der Waals surface area contributed by atoms with E-state index < -0.39 is 10.8 Å². The molecule has 2 aliphatic rings. The summed E-state index contributed by atoms with van der Waals surface area (Å²) in [5.41, 5.74) is 7.56. The van der Waals surface area contributed by atoms with E-state index in [1.807, 2.05) is 47.9 Å². The number of aryl methyl sites for hydroxylation is 2. The second kappa shape index (κ2) is 18.5. The molecule has 4 aromatic rings. The van der Waals surface area contributed by atoms with E-state index in [0.29, 0.717) is 31.1 Å². The van der Waals surface area contributed by atoms with Crippen LogP contribution in [0, 0.1) is 6.92 Å². The number of carbonyl (C=O) groups is 1. The van der Waals surface area contributed by atoms with Crippen LogP contribution in [0.15, 0.2) is 83.5 Å². The molecule has 1 fully saturated rings. The molecule has 10 heteroatoms. The number of hydrogen-bond acceptors (Lipinski definition) is 7. The third kappa shape index (κ3) is 9.79. The Labute approximate surface area is 310 Å². The van der Waals surface area contributed by atoms with E-state index in [0.717, 1.165) is 115 Å². The molecule has 0 aliphatic carbocycles. The first-order valence-corrected chi connectivity index (χ1v) is 20.1. The van der Waals surface area contributed by atoms with Gasteiger partial charge >= 0.3 is 0 Å². The van der Waals surface area contributed by atoms with Gasteiger partial charge in [0.2, 0.25) is 0 Å². The Morgan fingerprint density at radius 2 is 1.81 bits per heavy atom. The van der Waals surface area contributed by atoms with Crippen LogP contribution in [0.25, 0.3) is 17.2 Å². The van der Waals surface area contributed by atoms with Gasteiger partial charge in [-0.05, 0) is 117 Å². The highest BCUT2D eigenvalue weighted by Crippen LogP contribution is 2.34. The van der Waals surface area contributed by atoms with Crippen LogP contribution in [0.4, 0.5) is 11.4 Å². The number of imidazole rings is 1. The van der Waals surface area contributed by atoms with Crippen LogP contribution in [0.1, 0.15) is 69.3 Å². The number of rotatable bonds is 16. The van der Waals surface area contributed by atoms with E-state index in [2.05, 4.69) is 65.5 Å². The number of nitrogens with one attached hydrogen (secondary N) is 1. The fourth-order valence-electron chi connectivity index (χ4n) is 6.77. The average molecular weight is 725 g/mol. The summed E-state index contributed by atoms with van der Waals surface area (Å²) in [4.78, 5) is 21.3. The van der Waals surface area contributed by atoms with Gasteiger partial charge in [-0.25, -0.2) is 4.98 Å². The fraction of sp³-hybridized carbons (Fsp3) is 0.429. The Morgan fingerprint density at radius 3 is 2.56 bits per heavy atom. The van der Waals surface area contributed by atoms with Crippen LogP contribution in [0.2, 0.25) is 0 Å². The molecule has 52 heavy (non-hydrogen) atoms. The van der Waals surface area contributed by atoms with Crippen molar-refractivity contribution in [3.63, 3.8) is 0 Å². The van der Waals surface area contributed by atoms with Crippen molar-refractivity contribution in [2.75, 3.05) is 49.7 Å². The summed E-state index contributed by atoms with van der Waals surface area (Å²) in [6.07, 6.45) is 9.93. The molecule has 6 rings (SSSR count). The standard InChI is InChI=1S/C42H52N4O5S/c1-4-6-22-49-24-25-51-37-16-11-32(12-17-37)33-13-20-40-35(26-33)27-34(9-7-21-46(40)28-38-10-8-23-50-38)42(47)44-36-14-18-39(19-15-36)52(48)29-41-31(3)43-30-45(41)5-2/h11-20,26-27,30,38H,4-10,21-25,28-29H2,1-3H3,(H,44,47)/b34-27+. The first-order valence-electron chi connectivity index (χ1n) is 18.7. The van der Waals surface area contributed by atoms with Gasteiger partial charge in [0.15, 0.2) is 0 Å². The molecule has 3 aromatic carbocycles. The van der Waals surface area contributed by atoms with E-state index in [4.69, 9.17) is 14.2 Å². The maximum absolute atomic E-state index is 13.8. The van der Waals surface area contributed by atoms with Crippen LogP contribution >= 0.6 is 0 Å². The highest BCUT2D eigenvalue weighted by atomic mass is 32.2. The van der Waals surface area contributed by atoms with Gasteiger partial charge in [0, 0.05) is 54.7 Å². The maximum Gasteiger partial charge on any atom is 0.251 e. The highest BCUT2D eigenvalue weighted by molar-refractivity contribution is 7.84. The van der Waals surface area contributed by atoms with E-state index in [1.54, 1.807) is 6.33 Å². The Balaban J connectivity index is 1.18. The van der Waals surface area contributed by atoms with Crippen LogP contribution in [0.5, 0.6) is 5.75 Å². The normalized spacial score (nSPS) is 17.5. The molecule has 0 spiro atoms. The van der Waals surface area contributed by atoms with E-state index in [-0.39, 0.29) is 12.0 Å². The highest BCUT2D eigenvalue weighted by Gasteiger charge is 2.24. The smallest absolute Gasteiger partial charge is 0.251 e. The summed E-state index contributed by atoms with van der Waals surface area (Å²) in [6.45, 7) is 11.3. The van der Waals surface area contributed by atoms with Crippen molar-refractivity contribution in [3.05, 3.63) is 95.6 Å². The van der Waals surface area contributed by atoms with E-state index >= 15 is 0 Å². The third-order valence-corrected chi connectivity index (χ3v) is 11.1. The average Bonchev–Trinajstić information content (AvgIpc) is 3.80. The van der Waals surface area contributed by atoms with Gasteiger partial charge in [-0.3, -0.25) is 9.00 Å². The monoisotopic (exact) mass is 724 g/mol. The first kappa shape index (κ1) is 37.5. The summed E-state index contributed by atoms with van der Waals surface area (Å²) in [5.74, 6) is 1.09. The number of unbranched alkanes of at least 4 members (excludes halogenated alkanes) is 1. The molecule has 3 heterocycles. The zero-order valence-electron chi connectivity index (χ0n) is 30.8. The predicted octanol–water partition coefficient (Wildman–Crippen LogP) is 8.18. The van der Waals surface area contributed by atoms with Gasteiger partial charge in [0.25, 0.3) is 5.91 Å². The van der Waals surface area contributed by atoms with Gasteiger partial charge in [-0.15, -0.1) is 0 Å². The van der Waals surface area contributed by atoms with Crippen LogP contribution in [-0.2, 0) is 37.4 Å². The zero-order chi connectivity index (χ0) is 36.3. The summed E-state index contributed by atoms with van der Waals surface area (Å²) >= 11 is 0. The lowest BCUT2D eigenvalue weighted by molar-refractivity contribution is -0.112. The molecule has 2 unspecified atom stereocenters. The number of ether oxygens (including phenoxy) is 3. The first-order chi connectivity index (χ1) is 25.4.